The standard InChI is InChI=1S/C15H13N3O2.C2H6/c1-11-16-15(17-20-11)13-7-5-12(6-8-13)10-18-9-3-2-4-14(18)19;1-2/h2-9H,10H2,1H3;1-2H3. The maximum Gasteiger partial charge on any atom is 0.250 e. The summed E-state index contributed by atoms with van der Waals surface area (Å²) in [6, 6.07) is 12.9. The highest BCUT2D eigenvalue weighted by atomic mass is 16.5. The molecular formula is C17H19N3O2. The number of pyridine rings is 1. The minimum absolute atomic E-state index is 0.00892. The van der Waals surface area contributed by atoms with Gasteiger partial charge in [-0.2, -0.15) is 4.98 Å². The van der Waals surface area contributed by atoms with E-state index in [4.69, 9.17) is 4.52 Å². The molecule has 0 unspecified atom stereocenters. The fourth-order valence-corrected chi connectivity index (χ4v) is 1.96. The highest BCUT2D eigenvalue weighted by molar-refractivity contribution is 5.54. The Kier molecular flexibility index (Phi) is 5.25. The van der Waals surface area contributed by atoms with Gasteiger partial charge in [-0.15, -0.1) is 0 Å². The van der Waals surface area contributed by atoms with Crippen LogP contribution in [-0.2, 0) is 6.54 Å². The average molecular weight is 297 g/mol. The first-order chi connectivity index (χ1) is 10.7. The molecule has 22 heavy (non-hydrogen) atoms. The van der Waals surface area contributed by atoms with E-state index in [-0.39, 0.29) is 5.56 Å². The van der Waals surface area contributed by atoms with E-state index < -0.39 is 0 Å². The molecule has 0 aliphatic heterocycles. The normalized spacial score (nSPS) is 9.95. The van der Waals surface area contributed by atoms with Crippen molar-refractivity contribution in [2.24, 2.45) is 0 Å². The zero-order valence-corrected chi connectivity index (χ0v) is 13.0. The SMILES string of the molecule is CC.Cc1nc(-c2ccc(Cn3ccccc3=O)cc2)no1. The second-order valence-corrected chi connectivity index (χ2v) is 4.50. The van der Waals surface area contributed by atoms with Crippen LogP contribution in [-0.4, -0.2) is 14.7 Å². The molecule has 2 aromatic heterocycles. The van der Waals surface area contributed by atoms with Crippen molar-refractivity contribution >= 4 is 0 Å². The van der Waals surface area contributed by atoms with Gasteiger partial charge >= 0.3 is 0 Å². The van der Waals surface area contributed by atoms with E-state index in [1.54, 1.807) is 29.8 Å². The van der Waals surface area contributed by atoms with Crippen LogP contribution in [0, 0.1) is 6.92 Å². The summed E-state index contributed by atoms with van der Waals surface area (Å²) in [5, 5.41) is 3.87. The van der Waals surface area contributed by atoms with Gasteiger partial charge in [-0.05, 0) is 11.6 Å². The molecule has 0 saturated carbocycles. The largest absolute Gasteiger partial charge is 0.339 e. The topological polar surface area (TPSA) is 60.9 Å². The Bertz CT molecular complexity index is 773. The number of nitrogens with zero attached hydrogens (tertiary/aromatic N) is 3. The second-order valence-electron chi connectivity index (χ2n) is 4.50. The molecule has 0 bridgehead atoms. The number of hydrogen-bond donors (Lipinski definition) is 0. The molecule has 5 nitrogen and oxygen atoms in total. The lowest BCUT2D eigenvalue weighted by molar-refractivity contribution is 0.394. The summed E-state index contributed by atoms with van der Waals surface area (Å²) in [6.07, 6.45) is 1.78. The molecule has 0 aliphatic rings. The van der Waals surface area contributed by atoms with Crippen molar-refractivity contribution in [3.63, 3.8) is 0 Å². The lowest BCUT2D eigenvalue weighted by Gasteiger charge is -2.05. The molecule has 0 atom stereocenters. The van der Waals surface area contributed by atoms with Gasteiger partial charge in [0.15, 0.2) is 0 Å². The summed E-state index contributed by atoms with van der Waals surface area (Å²) in [6.45, 7) is 6.30. The Morgan fingerprint density at radius 1 is 1.09 bits per heavy atom. The Balaban J connectivity index is 0.000000847. The third-order valence-electron chi connectivity index (χ3n) is 2.99. The molecule has 0 amide bonds. The van der Waals surface area contributed by atoms with Crippen molar-refractivity contribution in [3.05, 3.63) is 70.5 Å². The fraction of sp³-hybridized carbons (Fsp3) is 0.235. The van der Waals surface area contributed by atoms with Crippen LogP contribution in [0.25, 0.3) is 11.4 Å². The van der Waals surface area contributed by atoms with Gasteiger partial charge in [0.05, 0.1) is 6.54 Å². The number of aromatic nitrogens is 3. The smallest absolute Gasteiger partial charge is 0.250 e. The van der Waals surface area contributed by atoms with Crippen LogP contribution in [0.15, 0.2) is 58.0 Å². The molecule has 3 aromatic rings. The third-order valence-corrected chi connectivity index (χ3v) is 2.99. The molecule has 0 spiro atoms. The van der Waals surface area contributed by atoms with Gasteiger partial charge in [-0.1, -0.05) is 49.3 Å². The fourth-order valence-electron chi connectivity index (χ4n) is 1.96. The zero-order chi connectivity index (χ0) is 15.9. The molecule has 3 rings (SSSR count). The summed E-state index contributed by atoms with van der Waals surface area (Å²) in [7, 11) is 0. The lowest BCUT2D eigenvalue weighted by atomic mass is 10.1. The highest BCUT2D eigenvalue weighted by Gasteiger charge is 2.05. The Morgan fingerprint density at radius 2 is 1.82 bits per heavy atom. The van der Waals surface area contributed by atoms with Crippen LogP contribution in [0.3, 0.4) is 0 Å². The van der Waals surface area contributed by atoms with Crippen LogP contribution in [0.5, 0.6) is 0 Å². The zero-order valence-electron chi connectivity index (χ0n) is 13.0. The lowest BCUT2D eigenvalue weighted by Crippen LogP contribution is -2.18. The van der Waals surface area contributed by atoms with Crippen LogP contribution < -0.4 is 5.56 Å². The van der Waals surface area contributed by atoms with E-state index in [0.717, 1.165) is 11.1 Å². The Morgan fingerprint density at radius 3 is 2.41 bits per heavy atom. The quantitative estimate of drug-likeness (QED) is 0.744. The van der Waals surface area contributed by atoms with Crippen molar-refractivity contribution in [2.45, 2.75) is 27.3 Å². The minimum Gasteiger partial charge on any atom is -0.339 e. The predicted molar refractivity (Wildman–Crippen MR) is 85.6 cm³/mol. The van der Waals surface area contributed by atoms with Gasteiger partial charge in [0.25, 0.3) is 5.56 Å². The van der Waals surface area contributed by atoms with E-state index in [2.05, 4.69) is 10.1 Å². The van der Waals surface area contributed by atoms with Crippen molar-refractivity contribution in [3.8, 4) is 11.4 Å². The molecule has 0 radical (unpaired) electrons. The van der Waals surface area contributed by atoms with Gasteiger partial charge < -0.3 is 9.09 Å². The first-order valence-corrected chi connectivity index (χ1v) is 7.27. The van der Waals surface area contributed by atoms with E-state index in [1.165, 1.54) is 0 Å². The number of benzene rings is 1. The summed E-state index contributed by atoms with van der Waals surface area (Å²) in [4.78, 5) is 15.8. The highest BCUT2D eigenvalue weighted by Crippen LogP contribution is 2.16. The number of rotatable bonds is 3. The van der Waals surface area contributed by atoms with Crippen molar-refractivity contribution in [1.82, 2.24) is 14.7 Å². The van der Waals surface area contributed by atoms with Gasteiger partial charge in [-0.25, -0.2) is 0 Å². The third kappa shape index (κ3) is 3.69. The monoisotopic (exact) mass is 297 g/mol. The summed E-state index contributed by atoms with van der Waals surface area (Å²) in [5.74, 6) is 1.12. The number of hydrogen-bond acceptors (Lipinski definition) is 4. The molecule has 0 aliphatic carbocycles. The summed E-state index contributed by atoms with van der Waals surface area (Å²) < 4.78 is 6.61. The first kappa shape index (κ1) is 15.7. The molecular weight excluding hydrogens is 278 g/mol. The second kappa shape index (κ2) is 7.36. The summed E-state index contributed by atoms with van der Waals surface area (Å²) in [5.41, 5.74) is 1.93. The molecule has 1 aromatic carbocycles. The van der Waals surface area contributed by atoms with Gasteiger partial charge in [0.2, 0.25) is 11.7 Å². The van der Waals surface area contributed by atoms with Gasteiger partial charge in [-0.3, -0.25) is 4.79 Å². The molecule has 0 saturated heterocycles. The average Bonchev–Trinajstić information content (AvgIpc) is 2.99. The Labute approximate surface area is 129 Å². The van der Waals surface area contributed by atoms with Crippen LogP contribution >= 0.6 is 0 Å². The van der Waals surface area contributed by atoms with Crippen LogP contribution in [0.1, 0.15) is 25.3 Å². The van der Waals surface area contributed by atoms with Crippen molar-refractivity contribution < 1.29 is 4.52 Å². The van der Waals surface area contributed by atoms with E-state index >= 15 is 0 Å². The van der Waals surface area contributed by atoms with E-state index in [9.17, 15) is 4.79 Å². The van der Waals surface area contributed by atoms with E-state index in [1.807, 2.05) is 44.2 Å². The maximum absolute atomic E-state index is 11.6. The van der Waals surface area contributed by atoms with Gasteiger partial charge in [0.1, 0.15) is 0 Å². The van der Waals surface area contributed by atoms with Crippen molar-refractivity contribution in [2.75, 3.05) is 0 Å². The summed E-state index contributed by atoms with van der Waals surface area (Å²) >= 11 is 0. The maximum atomic E-state index is 11.6. The first-order valence-electron chi connectivity index (χ1n) is 7.27. The van der Waals surface area contributed by atoms with Gasteiger partial charge in [0, 0.05) is 24.8 Å². The van der Waals surface area contributed by atoms with Crippen LogP contribution in [0.4, 0.5) is 0 Å². The molecule has 2 heterocycles. The number of aryl methyl sites for hydroxylation is 1. The predicted octanol–water partition coefficient (Wildman–Crippen LogP) is 3.28. The molecule has 0 N–H and O–H groups in total. The van der Waals surface area contributed by atoms with Crippen LogP contribution in [0.2, 0.25) is 0 Å². The molecule has 114 valence electrons. The Hall–Kier alpha value is -2.69. The molecule has 0 fully saturated rings. The van der Waals surface area contributed by atoms with Crippen molar-refractivity contribution in [1.29, 1.82) is 0 Å². The minimum atomic E-state index is -0.00892. The van der Waals surface area contributed by atoms with E-state index in [0.29, 0.717) is 18.3 Å². The molecule has 5 heteroatoms.